The summed E-state index contributed by atoms with van der Waals surface area (Å²) in [4.78, 5) is 56.7. The number of nitrogens with two attached hydrogens (primary N) is 1. The molecule has 6 heterocycles. The molecule has 0 spiro atoms. The molecule has 2 fully saturated rings. The van der Waals surface area contributed by atoms with Crippen LogP contribution in [0, 0.1) is 0 Å². The number of phosphoric ester groups is 1. The number of nitrogens with zero attached hydrogens (tertiary/aromatic N) is 6. The molecule has 0 radical (unpaired) electrons. The first-order chi connectivity index (χ1) is 19.9. The molecule has 2 saturated heterocycles. The van der Waals surface area contributed by atoms with E-state index >= 15 is 0 Å². The molecule has 2 aliphatic rings. The number of imidazole rings is 2. The number of nitrogens with one attached hydrogen (secondary N) is 2. The maximum Gasteiger partial charge on any atom is 1.00 e. The number of H-pyrrole nitrogens is 2. The van der Waals surface area contributed by atoms with E-state index in [9.17, 15) is 39.5 Å². The van der Waals surface area contributed by atoms with Crippen LogP contribution >= 0.6 is 7.82 Å². The van der Waals surface area contributed by atoms with E-state index in [1.54, 1.807) is 0 Å². The third kappa shape index (κ3) is 6.02. The summed E-state index contributed by atoms with van der Waals surface area (Å²) in [7, 11) is -5.11. The summed E-state index contributed by atoms with van der Waals surface area (Å²) in [5.41, 5.74) is 4.24. The van der Waals surface area contributed by atoms with E-state index in [0.29, 0.717) is 0 Å². The second kappa shape index (κ2) is 12.4. The van der Waals surface area contributed by atoms with Gasteiger partial charge in [-0.2, -0.15) is 4.98 Å². The first-order valence-electron chi connectivity index (χ1n) is 12.2. The van der Waals surface area contributed by atoms with Crippen molar-refractivity contribution in [3.05, 3.63) is 39.7 Å². The molecule has 43 heavy (non-hydrogen) atoms. The molecule has 1 unspecified atom stereocenters. The molecule has 0 aromatic carbocycles. The number of hydrogen-bond acceptors (Lipinski definition) is 17. The van der Waals surface area contributed by atoms with Crippen LogP contribution in [0.5, 0.6) is 0 Å². The number of aliphatic hydroxyl groups is 4. The summed E-state index contributed by atoms with van der Waals surface area (Å²) < 4.78 is 35.6. The maximum atomic E-state index is 12.4. The molecule has 4 aromatic rings. The van der Waals surface area contributed by atoms with Crippen LogP contribution in [0.1, 0.15) is 12.5 Å². The Labute approximate surface area is 280 Å². The van der Waals surface area contributed by atoms with Gasteiger partial charge in [0.15, 0.2) is 34.8 Å². The number of ether oxygens (including phenoxy) is 2. The fraction of sp³-hybridized carbons (Fsp3) is 0.500. The van der Waals surface area contributed by atoms with Crippen molar-refractivity contribution in [3.8, 4) is 0 Å². The fourth-order valence-corrected chi connectivity index (χ4v) is 5.47. The number of aromatic nitrogens is 8. The van der Waals surface area contributed by atoms with Gasteiger partial charge in [0, 0.05) is 0 Å². The molecule has 0 aliphatic carbocycles. The second-order valence-electron chi connectivity index (χ2n) is 9.46. The molecular formula is C20H23KN9O12P. The SMILES string of the molecule is Nc1nc2c(ncn2[C@@H]2O[C@H](COP(=O)([O-])OC[C@H]3O[C@@H](n4cnc5c(=O)[nH]cnc54)[C@H](O)[C@@H]3O)[C@@H](O)[C@H]2O)c(=O)[nH]1.[K+]. The van der Waals surface area contributed by atoms with Crippen molar-refractivity contribution in [1.29, 1.82) is 0 Å². The van der Waals surface area contributed by atoms with Crippen molar-refractivity contribution in [2.75, 3.05) is 18.9 Å². The molecular weight excluding hydrogens is 628 g/mol. The van der Waals surface area contributed by atoms with Gasteiger partial charge in [0.25, 0.3) is 18.9 Å². The number of phosphoric acid groups is 1. The Kier molecular flexibility index (Phi) is 9.36. The molecule has 8 N–H and O–H groups in total. The molecule has 0 amide bonds. The number of aromatic amines is 2. The molecule has 2 aliphatic heterocycles. The number of aliphatic hydroxyl groups excluding tert-OH is 4. The fourth-order valence-electron chi connectivity index (χ4n) is 4.74. The topological polar surface area (TPSA) is 311 Å². The third-order valence-electron chi connectivity index (χ3n) is 6.83. The van der Waals surface area contributed by atoms with Gasteiger partial charge in [-0.3, -0.25) is 28.3 Å². The number of fused-ring (bicyclic) bond motifs is 2. The van der Waals surface area contributed by atoms with Crippen molar-refractivity contribution in [3.63, 3.8) is 0 Å². The van der Waals surface area contributed by atoms with Gasteiger partial charge in [-0.1, -0.05) is 0 Å². The van der Waals surface area contributed by atoms with Crippen molar-refractivity contribution in [2.45, 2.75) is 49.1 Å². The second-order valence-corrected chi connectivity index (χ2v) is 10.9. The Morgan fingerprint density at radius 2 is 1.40 bits per heavy atom. The van der Waals surface area contributed by atoms with Crippen LogP contribution in [0.25, 0.3) is 22.3 Å². The summed E-state index contributed by atoms with van der Waals surface area (Å²) in [6.07, 6.45) is -8.33. The van der Waals surface area contributed by atoms with Crippen LogP contribution in [0.2, 0.25) is 0 Å². The zero-order valence-corrected chi connectivity index (χ0v) is 26.0. The smallest absolute Gasteiger partial charge is 0.756 e. The molecule has 4 aromatic heterocycles. The number of anilines is 1. The zero-order chi connectivity index (χ0) is 29.9. The summed E-state index contributed by atoms with van der Waals surface area (Å²) in [6, 6.07) is 0. The van der Waals surface area contributed by atoms with Gasteiger partial charge in [-0.05, 0) is 0 Å². The summed E-state index contributed by atoms with van der Waals surface area (Å²) >= 11 is 0. The Morgan fingerprint density at radius 3 is 1.95 bits per heavy atom. The van der Waals surface area contributed by atoms with E-state index in [-0.39, 0.29) is 79.7 Å². The van der Waals surface area contributed by atoms with Crippen molar-refractivity contribution < 1.29 is 99.8 Å². The van der Waals surface area contributed by atoms with E-state index in [1.165, 1.54) is 10.9 Å². The predicted octanol–water partition coefficient (Wildman–Crippen LogP) is -7.42. The minimum Gasteiger partial charge on any atom is -0.756 e. The van der Waals surface area contributed by atoms with E-state index in [2.05, 4.69) is 29.9 Å². The monoisotopic (exact) mass is 651 g/mol. The predicted molar refractivity (Wildman–Crippen MR) is 132 cm³/mol. The third-order valence-corrected chi connectivity index (χ3v) is 7.76. The van der Waals surface area contributed by atoms with Gasteiger partial charge < -0.3 is 54.6 Å². The minimum atomic E-state index is -5.11. The molecule has 0 saturated carbocycles. The average molecular weight is 652 g/mol. The normalized spacial score (nSPS) is 30.5. The number of rotatable bonds is 8. The van der Waals surface area contributed by atoms with Gasteiger partial charge >= 0.3 is 51.4 Å². The quantitative estimate of drug-likeness (QED) is 0.0687. The van der Waals surface area contributed by atoms with Crippen LogP contribution in [-0.4, -0.2) is 109 Å². The average Bonchev–Trinajstić information content (AvgIpc) is 3.69. The van der Waals surface area contributed by atoms with Gasteiger partial charge in [-0.15, -0.1) is 0 Å². The van der Waals surface area contributed by atoms with Crippen LogP contribution < -0.4 is 73.1 Å². The standard InChI is InChI=1S/C20H24N9O12P.K/c21-20-26-15-9(17(35)27-20)25-5-29(15)19-13(33)11(31)7(41-19)2-39-42(36,37)38-1-6-10(30)12(32)18(40-6)28-4-24-8-14(28)22-3-23-16(8)34;/h3-7,10-13,18-19,30-33H,1-2H2,(H,36,37)(H,22,23,34)(H3,21,26,27,35);/q;+1/p-1/t6-,7-,10-,11-,12-,13-,18-,19-;/m1./s1. The van der Waals surface area contributed by atoms with E-state index in [1.807, 2.05) is 0 Å². The van der Waals surface area contributed by atoms with Gasteiger partial charge in [0.05, 0.1) is 32.2 Å². The molecule has 21 nitrogen and oxygen atoms in total. The Morgan fingerprint density at radius 1 is 0.884 bits per heavy atom. The first-order valence-corrected chi connectivity index (χ1v) is 13.7. The Balaban J connectivity index is 0.00000368. The molecule has 9 atom stereocenters. The van der Waals surface area contributed by atoms with Crippen molar-refractivity contribution in [2.24, 2.45) is 0 Å². The van der Waals surface area contributed by atoms with Crippen LogP contribution in [0.15, 0.2) is 28.6 Å². The van der Waals surface area contributed by atoms with Gasteiger partial charge in [0.2, 0.25) is 5.95 Å². The Bertz CT molecular complexity index is 1800. The summed E-state index contributed by atoms with van der Waals surface area (Å²) in [6.45, 7) is -1.57. The zero-order valence-electron chi connectivity index (χ0n) is 22.0. The van der Waals surface area contributed by atoms with Crippen molar-refractivity contribution in [1.82, 2.24) is 39.0 Å². The van der Waals surface area contributed by atoms with Crippen LogP contribution in [-0.2, 0) is 23.1 Å². The largest absolute Gasteiger partial charge is 1.00 e. The molecule has 6 rings (SSSR count). The summed E-state index contributed by atoms with van der Waals surface area (Å²) in [5.74, 6) is -0.230. The number of hydrogen-bond donors (Lipinski definition) is 7. The van der Waals surface area contributed by atoms with Crippen molar-refractivity contribution >= 4 is 36.1 Å². The van der Waals surface area contributed by atoms with Crippen LogP contribution in [0.3, 0.4) is 0 Å². The van der Waals surface area contributed by atoms with E-state index in [4.69, 9.17) is 24.3 Å². The minimum absolute atomic E-state index is 0. The van der Waals surface area contributed by atoms with Crippen LogP contribution in [0.4, 0.5) is 5.95 Å². The summed E-state index contributed by atoms with van der Waals surface area (Å²) in [5, 5.41) is 41.8. The Hall–Kier alpha value is -1.99. The first kappa shape index (κ1) is 32.4. The van der Waals surface area contributed by atoms with E-state index < -0.39 is 81.2 Å². The van der Waals surface area contributed by atoms with Gasteiger partial charge in [0.1, 0.15) is 36.6 Å². The maximum absolute atomic E-state index is 12.4. The molecule has 23 heteroatoms. The van der Waals surface area contributed by atoms with Gasteiger partial charge in [-0.25, -0.2) is 15.0 Å². The molecule has 0 bridgehead atoms. The van der Waals surface area contributed by atoms with E-state index in [0.717, 1.165) is 17.2 Å². The molecule has 226 valence electrons. The number of nitrogen functional groups attached to an aromatic ring is 1.